The molecule has 2 unspecified atom stereocenters. The van der Waals surface area contributed by atoms with Crippen molar-refractivity contribution in [3.8, 4) is 5.88 Å². The second kappa shape index (κ2) is 5.82. The molecule has 2 aliphatic carbocycles. The van der Waals surface area contributed by atoms with Crippen LogP contribution in [0.5, 0.6) is 5.88 Å². The van der Waals surface area contributed by atoms with Crippen LogP contribution in [-0.4, -0.2) is 23.1 Å². The van der Waals surface area contributed by atoms with Crippen molar-refractivity contribution < 1.29 is 4.74 Å². The topological polar surface area (TPSA) is 47.0 Å². The number of aromatic nitrogens is 2. The molecule has 2 atom stereocenters. The first-order valence-electron chi connectivity index (χ1n) is 8.29. The van der Waals surface area contributed by atoms with Gasteiger partial charge in [-0.25, -0.2) is 4.98 Å². The van der Waals surface area contributed by atoms with E-state index in [0.717, 1.165) is 47.8 Å². The van der Waals surface area contributed by atoms with Crippen LogP contribution in [0.15, 0.2) is 0 Å². The van der Waals surface area contributed by atoms with Crippen LogP contribution in [-0.2, 0) is 0 Å². The van der Waals surface area contributed by atoms with Crippen molar-refractivity contribution in [2.45, 2.75) is 64.9 Å². The summed E-state index contributed by atoms with van der Waals surface area (Å²) in [5.74, 6) is 4.70. The van der Waals surface area contributed by atoms with Gasteiger partial charge in [0.2, 0.25) is 5.88 Å². The number of rotatable bonds is 4. The summed E-state index contributed by atoms with van der Waals surface area (Å²) in [4.78, 5) is 9.35. The molecule has 4 heteroatoms. The number of nitrogens with one attached hydrogen (secondary N) is 1. The Kier molecular flexibility index (Phi) is 4.05. The van der Waals surface area contributed by atoms with E-state index >= 15 is 0 Å². The Hall–Kier alpha value is -1.32. The first kappa shape index (κ1) is 14.6. The van der Waals surface area contributed by atoms with E-state index < -0.39 is 0 Å². The molecule has 1 aromatic heterocycles. The zero-order valence-electron chi connectivity index (χ0n) is 13.6. The SMILES string of the molecule is CNc1nc(C2CC2)nc(OC2CC(C)CC(C)C2)c1C. The fraction of sp³-hybridized carbons (Fsp3) is 0.765. The van der Waals surface area contributed by atoms with E-state index in [0.29, 0.717) is 12.0 Å². The zero-order valence-corrected chi connectivity index (χ0v) is 13.6. The van der Waals surface area contributed by atoms with Crippen molar-refractivity contribution in [2.75, 3.05) is 12.4 Å². The van der Waals surface area contributed by atoms with E-state index in [1.165, 1.54) is 19.3 Å². The van der Waals surface area contributed by atoms with E-state index in [1.807, 2.05) is 14.0 Å². The average molecular weight is 289 g/mol. The van der Waals surface area contributed by atoms with Gasteiger partial charge in [0, 0.05) is 13.0 Å². The lowest BCUT2D eigenvalue weighted by Gasteiger charge is -2.31. The van der Waals surface area contributed by atoms with Gasteiger partial charge in [-0.05, 0) is 50.9 Å². The maximum absolute atomic E-state index is 6.30. The van der Waals surface area contributed by atoms with Crippen molar-refractivity contribution in [1.29, 1.82) is 0 Å². The molecule has 1 N–H and O–H groups in total. The summed E-state index contributed by atoms with van der Waals surface area (Å²) in [7, 11) is 1.92. The van der Waals surface area contributed by atoms with Gasteiger partial charge in [-0.15, -0.1) is 0 Å². The van der Waals surface area contributed by atoms with E-state index in [-0.39, 0.29) is 0 Å². The van der Waals surface area contributed by atoms with Crippen LogP contribution in [0.1, 0.15) is 63.3 Å². The number of nitrogens with zero attached hydrogens (tertiary/aromatic N) is 2. The molecule has 0 aliphatic heterocycles. The molecule has 21 heavy (non-hydrogen) atoms. The van der Waals surface area contributed by atoms with Crippen LogP contribution in [0.3, 0.4) is 0 Å². The number of hydrogen-bond donors (Lipinski definition) is 1. The van der Waals surface area contributed by atoms with Gasteiger partial charge in [0.25, 0.3) is 0 Å². The van der Waals surface area contributed by atoms with Crippen molar-refractivity contribution >= 4 is 5.82 Å². The highest BCUT2D eigenvalue weighted by Crippen LogP contribution is 2.40. The molecule has 0 saturated heterocycles. The van der Waals surface area contributed by atoms with Crippen LogP contribution < -0.4 is 10.1 Å². The quantitative estimate of drug-likeness (QED) is 0.913. The smallest absolute Gasteiger partial charge is 0.222 e. The normalized spacial score (nSPS) is 29.2. The van der Waals surface area contributed by atoms with Crippen molar-refractivity contribution in [2.24, 2.45) is 11.8 Å². The highest BCUT2D eigenvalue weighted by Gasteiger charge is 2.30. The minimum absolute atomic E-state index is 0.300. The summed E-state index contributed by atoms with van der Waals surface area (Å²) >= 11 is 0. The van der Waals surface area contributed by atoms with E-state index in [1.54, 1.807) is 0 Å². The predicted octanol–water partition coefficient (Wildman–Crippen LogP) is 3.91. The summed E-state index contributed by atoms with van der Waals surface area (Å²) in [6.45, 7) is 6.70. The van der Waals surface area contributed by atoms with Crippen molar-refractivity contribution in [1.82, 2.24) is 9.97 Å². The lowest BCUT2D eigenvalue weighted by molar-refractivity contribution is 0.0956. The highest BCUT2D eigenvalue weighted by atomic mass is 16.5. The van der Waals surface area contributed by atoms with Gasteiger partial charge < -0.3 is 10.1 Å². The molecular formula is C17H27N3O. The van der Waals surface area contributed by atoms with Gasteiger partial charge in [-0.3, -0.25) is 0 Å². The van der Waals surface area contributed by atoms with Crippen molar-refractivity contribution in [3.63, 3.8) is 0 Å². The molecule has 4 nitrogen and oxygen atoms in total. The Labute approximate surface area is 127 Å². The molecule has 2 aliphatic rings. The fourth-order valence-electron chi connectivity index (χ4n) is 3.52. The molecule has 1 heterocycles. The molecule has 0 bridgehead atoms. The van der Waals surface area contributed by atoms with Crippen LogP contribution in [0.4, 0.5) is 5.82 Å². The lowest BCUT2D eigenvalue weighted by Crippen LogP contribution is -2.29. The van der Waals surface area contributed by atoms with Crippen LogP contribution in [0, 0.1) is 18.8 Å². The van der Waals surface area contributed by atoms with Gasteiger partial charge in [-0.1, -0.05) is 13.8 Å². The Morgan fingerprint density at radius 3 is 2.29 bits per heavy atom. The third-order valence-corrected chi connectivity index (χ3v) is 4.71. The number of hydrogen-bond acceptors (Lipinski definition) is 4. The van der Waals surface area contributed by atoms with E-state index in [2.05, 4.69) is 24.1 Å². The number of ether oxygens (including phenoxy) is 1. The second-order valence-electron chi connectivity index (χ2n) is 7.04. The van der Waals surface area contributed by atoms with Crippen LogP contribution in [0.2, 0.25) is 0 Å². The Balaban J connectivity index is 1.81. The fourth-order valence-corrected chi connectivity index (χ4v) is 3.52. The first-order chi connectivity index (χ1) is 10.1. The Bertz CT molecular complexity index is 503. The van der Waals surface area contributed by atoms with E-state index in [4.69, 9.17) is 9.72 Å². The molecular weight excluding hydrogens is 262 g/mol. The Morgan fingerprint density at radius 2 is 1.71 bits per heavy atom. The molecule has 2 saturated carbocycles. The summed E-state index contributed by atoms with van der Waals surface area (Å²) in [5.41, 5.74) is 1.03. The van der Waals surface area contributed by atoms with Gasteiger partial charge >= 0.3 is 0 Å². The second-order valence-corrected chi connectivity index (χ2v) is 7.04. The van der Waals surface area contributed by atoms with Gasteiger partial charge in [0.05, 0.1) is 5.56 Å². The predicted molar refractivity (Wildman–Crippen MR) is 84.9 cm³/mol. The molecule has 0 spiro atoms. The lowest BCUT2D eigenvalue weighted by atomic mass is 9.82. The van der Waals surface area contributed by atoms with Gasteiger partial charge in [0.1, 0.15) is 17.7 Å². The standard InChI is InChI=1S/C17H27N3O/c1-10-7-11(2)9-14(8-10)21-17-12(3)15(18-4)19-16(20-17)13-5-6-13/h10-11,13-14H,5-9H2,1-4H3,(H,18,19,20). The minimum Gasteiger partial charge on any atom is -0.474 e. The summed E-state index contributed by atoms with van der Waals surface area (Å²) < 4.78 is 6.30. The molecule has 116 valence electrons. The van der Waals surface area contributed by atoms with E-state index in [9.17, 15) is 0 Å². The molecule has 1 aromatic rings. The largest absolute Gasteiger partial charge is 0.474 e. The summed E-state index contributed by atoms with van der Waals surface area (Å²) in [6.07, 6.45) is 6.32. The van der Waals surface area contributed by atoms with Gasteiger partial charge in [-0.2, -0.15) is 4.98 Å². The van der Waals surface area contributed by atoms with Gasteiger partial charge in [0.15, 0.2) is 0 Å². The summed E-state index contributed by atoms with van der Waals surface area (Å²) in [6, 6.07) is 0. The third kappa shape index (κ3) is 3.30. The third-order valence-electron chi connectivity index (χ3n) is 4.71. The maximum atomic E-state index is 6.30. The average Bonchev–Trinajstić information content (AvgIpc) is 3.24. The number of anilines is 1. The zero-order chi connectivity index (χ0) is 15.0. The molecule has 3 rings (SSSR count). The molecule has 2 fully saturated rings. The van der Waals surface area contributed by atoms with Crippen molar-refractivity contribution in [3.05, 3.63) is 11.4 Å². The maximum Gasteiger partial charge on any atom is 0.222 e. The molecule has 0 radical (unpaired) electrons. The monoisotopic (exact) mass is 289 g/mol. The summed E-state index contributed by atoms with van der Waals surface area (Å²) in [5, 5.41) is 3.18. The highest BCUT2D eigenvalue weighted by molar-refractivity contribution is 5.48. The van der Waals surface area contributed by atoms with Crippen LogP contribution in [0.25, 0.3) is 0 Å². The van der Waals surface area contributed by atoms with Crippen LogP contribution >= 0.6 is 0 Å². The molecule has 0 aromatic carbocycles. The minimum atomic E-state index is 0.300. The first-order valence-corrected chi connectivity index (χ1v) is 8.29. The Morgan fingerprint density at radius 1 is 1.05 bits per heavy atom. The molecule has 0 amide bonds.